The maximum absolute atomic E-state index is 12.2. The van der Waals surface area contributed by atoms with E-state index in [2.05, 4.69) is 15.2 Å². The number of rotatable bonds is 6. The number of anilines is 2. The highest BCUT2D eigenvalue weighted by atomic mass is 32.1. The first kappa shape index (κ1) is 16.0. The number of carbonyl (C=O) groups excluding carboxylic acids is 1. The fraction of sp³-hybridized carbons (Fsp3) is 0.714. The molecule has 1 fully saturated rings. The molecule has 1 saturated heterocycles. The molecule has 0 radical (unpaired) electrons. The first-order valence-electron chi connectivity index (χ1n) is 7.40. The van der Waals surface area contributed by atoms with E-state index in [-0.39, 0.29) is 11.8 Å². The lowest BCUT2D eigenvalue weighted by Crippen LogP contribution is -2.30. The van der Waals surface area contributed by atoms with Crippen LogP contribution < -0.4 is 16.0 Å². The summed E-state index contributed by atoms with van der Waals surface area (Å²) in [6.07, 6.45) is 3.62. The summed E-state index contributed by atoms with van der Waals surface area (Å²) in [7, 11) is 1.66. The number of hydrogen-bond acceptors (Lipinski definition) is 6. The normalized spacial score (nSPS) is 16.8. The van der Waals surface area contributed by atoms with Crippen molar-refractivity contribution in [1.82, 2.24) is 10.3 Å². The molecule has 7 heteroatoms. The molecule has 1 unspecified atom stereocenters. The molecule has 1 aromatic rings. The summed E-state index contributed by atoms with van der Waals surface area (Å²) in [5, 5.41) is 3.76. The van der Waals surface area contributed by atoms with Gasteiger partial charge in [0.15, 0.2) is 5.13 Å². The van der Waals surface area contributed by atoms with Crippen LogP contribution in [0.15, 0.2) is 0 Å². The van der Waals surface area contributed by atoms with Gasteiger partial charge in [-0.25, -0.2) is 4.98 Å². The Bertz CT molecular complexity index is 472. The second kappa shape index (κ2) is 7.61. The molecular formula is C14H24N4O2S. The zero-order valence-corrected chi connectivity index (χ0v) is 13.5. The highest BCUT2D eigenvalue weighted by Gasteiger charge is 2.21. The average molecular weight is 312 g/mol. The van der Waals surface area contributed by atoms with Gasteiger partial charge in [-0.3, -0.25) is 4.79 Å². The zero-order valence-electron chi connectivity index (χ0n) is 12.7. The number of piperidine rings is 1. The molecule has 0 aliphatic carbocycles. The summed E-state index contributed by atoms with van der Waals surface area (Å²) in [5.74, 6) is 0.461. The van der Waals surface area contributed by atoms with Crippen molar-refractivity contribution in [3.05, 3.63) is 4.88 Å². The van der Waals surface area contributed by atoms with Gasteiger partial charge >= 0.3 is 0 Å². The van der Waals surface area contributed by atoms with E-state index in [4.69, 9.17) is 10.5 Å². The molecule has 1 aliphatic rings. The van der Waals surface area contributed by atoms with Gasteiger partial charge in [0.1, 0.15) is 10.7 Å². The molecule has 0 saturated carbocycles. The number of carbonyl (C=O) groups is 1. The van der Waals surface area contributed by atoms with Crippen LogP contribution in [-0.2, 0) is 4.74 Å². The van der Waals surface area contributed by atoms with E-state index < -0.39 is 0 Å². The average Bonchev–Trinajstić information content (AvgIpc) is 2.88. The molecule has 1 aromatic heterocycles. The topological polar surface area (TPSA) is 80.5 Å². The van der Waals surface area contributed by atoms with E-state index in [9.17, 15) is 4.79 Å². The number of nitrogens with two attached hydrogens (primary N) is 1. The molecule has 0 aromatic carbocycles. The molecule has 1 atom stereocenters. The number of methoxy groups -OCH3 is 1. The van der Waals surface area contributed by atoms with Crippen LogP contribution in [0.2, 0.25) is 0 Å². The van der Waals surface area contributed by atoms with Crippen LogP contribution in [0.1, 0.15) is 35.9 Å². The molecule has 118 valence electrons. The SMILES string of the molecule is COCC(C)CNC(=O)c1sc(N2CCCCC2)nc1N. The number of aromatic nitrogens is 1. The molecule has 3 N–H and O–H groups in total. The zero-order chi connectivity index (χ0) is 15.2. The Hall–Kier alpha value is -1.34. The molecule has 0 bridgehead atoms. The summed E-state index contributed by atoms with van der Waals surface area (Å²) in [6, 6.07) is 0. The third-order valence-corrected chi connectivity index (χ3v) is 4.67. The fourth-order valence-corrected chi connectivity index (χ4v) is 3.35. The molecule has 1 amide bonds. The van der Waals surface area contributed by atoms with Gasteiger partial charge < -0.3 is 20.7 Å². The van der Waals surface area contributed by atoms with Crippen LogP contribution in [0.5, 0.6) is 0 Å². The van der Waals surface area contributed by atoms with Crippen molar-refractivity contribution in [2.24, 2.45) is 5.92 Å². The minimum Gasteiger partial charge on any atom is -0.384 e. The minimum atomic E-state index is -0.142. The van der Waals surface area contributed by atoms with E-state index >= 15 is 0 Å². The van der Waals surface area contributed by atoms with Gasteiger partial charge in [-0.05, 0) is 25.2 Å². The fourth-order valence-electron chi connectivity index (χ4n) is 2.39. The highest BCUT2D eigenvalue weighted by molar-refractivity contribution is 7.18. The van der Waals surface area contributed by atoms with Crippen molar-refractivity contribution in [3.8, 4) is 0 Å². The van der Waals surface area contributed by atoms with E-state index in [0.29, 0.717) is 23.8 Å². The van der Waals surface area contributed by atoms with E-state index in [1.165, 1.54) is 30.6 Å². The first-order chi connectivity index (χ1) is 10.1. The molecule has 6 nitrogen and oxygen atoms in total. The molecule has 2 heterocycles. The lowest BCUT2D eigenvalue weighted by molar-refractivity contribution is 0.0939. The standard InChI is InChI=1S/C14H24N4O2S/c1-10(9-20-2)8-16-13(19)11-12(15)17-14(21-11)18-6-4-3-5-7-18/h10H,3-9,15H2,1-2H3,(H,16,19). The first-order valence-corrected chi connectivity index (χ1v) is 8.22. The summed E-state index contributed by atoms with van der Waals surface area (Å²) in [5.41, 5.74) is 5.90. The maximum Gasteiger partial charge on any atom is 0.265 e. The van der Waals surface area contributed by atoms with Crippen LogP contribution >= 0.6 is 11.3 Å². The molecule has 1 aliphatic heterocycles. The second-order valence-electron chi connectivity index (χ2n) is 5.53. The van der Waals surface area contributed by atoms with Gasteiger partial charge in [-0.2, -0.15) is 0 Å². The van der Waals surface area contributed by atoms with Crippen LogP contribution in [0, 0.1) is 5.92 Å². The van der Waals surface area contributed by atoms with Crippen molar-refractivity contribution >= 4 is 28.2 Å². The third-order valence-electron chi connectivity index (χ3n) is 3.54. The highest BCUT2D eigenvalue weighted by Crippen LogP contribution is 2.29. The minimum absolute atomic E-state index is 0.142. The third kappa shape index (κ3) is 4.31. The summed E-state index contributed by atoms with van der Waals surface area (Å²) in [6.45, 7) is 5.22. The number of ether oxygens (including phenoxy) is 1. The lowest BCUT2D eigenvalue weighted by Gasteiger charge is -2.25. The van der Waals surface area contributed by atoms with E-state index in [0.717, 1.165) is 18.2 Å². The number of thiazole rings is 1. The Balaban J connectivity index is 1.96. The van der Waals surface area contributed by atoms with Gasteiger partial charge in [0.25, 0.3) is 5.91 Å². The Morgan fingerprint density at radius 1 is 1.48 bits per heavy atom. The van der Waals surface area contributed by atoms with Crippen LogP contribution in [0.3, 0.4) is 0 Å². The molecule has 2 rings (SSSR count). The predicted molar refractivity (Wildman–Crippen MR) is 86.0 cm³/mol. The van der Waals surface area contributed by atoms with Crippen molar-refractivity contribution in [1.29, 1.82) is 0 Å². The monoisotopic (exact) mass is 312 g/mol. The largest absolute Gasteiger partial charge is 0.384 e. The van der Waals surface area contributed by atoms with Gasteiger partial charge in [0.2, 0.25) is 0 Å². The number of nitrogens with one attached hydrogen (secondary N) is 1. The van der Waals surface area contributed by atoms with Gasteiger partial charge in [-0.15, -0.1) is 0 Å². The van der Waals surface area contributed by atoms with Crippen molar-refractivity contribution in [3.63, 3.8) is 0 Å². The molecule has 0 spiro atoms. The quantitative estimate of drug-likeness (QED) is 0.836. The van der Waals surface area contributed by atoms with Gasteiger partial charge in [-0.1, -0.05) is 18.3 Å². The summed E-state index contributed by atoms with van der Waals surface area (Å²) < 4.78 is 5.06. The Labute approximate surface area is 129 Å². The van der Waals surface area contributed by atoms with Crippen molar-refractivity contribution in [2.75, 3.05) is 44.0 Å². The van der Waals surface area contributed by atoms with E-state index in [1.54, 1.807) is 7.11 Å². The number of nitrogen functional groups attached to an aromatic ring is 1. The number of nitrogens with zero attached hydrogens (tertiary/aromatic N) is 2. The van der Waals surface area contributed by atoms with Crippen molar-refractivity contribution in [2.45, 2.75) is 26.2 Å². The Morgan fingerprint density at radius 2 is 2.19 bits per heavy atom. The lowest BCUT2D eigenvalue weighted by atomic mass is 10.1. The number of amides is 1. The van der Waals surface area contributed by atoms with Crippen LogP contribution in [-0.4, -0.2) is 44.2 Å². The molecular weight excluding hydrogens is 288 g/mol. The molecule has 21 heavy (non-hydrogen) atoms. The van der Waals surface area contributed by atoms with Crippen LogP contribution in [0.25, 0.3) is 0 Å². The Morgan fingerprint density at radius 3 is 2.86 bits per heavy atom. The number of hydrogen-bond donors (Lipinski definition) is 2. The smallest absolute Gasteiger partial charge is 0.265 e. The van der Waals surface area contributed by atoms with Crippen molar-refractivity contribution < 1.29 is 9.53 Å². The summed E-state index contributed by atoms with van der Waals surface area (Å²) >= 11 is 1.39. The maximum atomic E-state index is 12.2. The van der Waals surface area contributed by atoms with Gasteiger partial charge in [0, 0.05) is 26.7 Å². The van der Waals surface area contributed by atoms with Crippen LogP contribution in [0.4, 0.5) is 10.9 Å². The Kier molecular flexibility index (Phi) is 5.81. The second-order valence-corrected chi connectivity index (χ2v) is 6.51. The predicted octanol–water partition coefficient (Wildman–Crippen LogP) is 1.73. The van der Waals surface area contributed by atoms with Gasteiger partial charge in [0.05, 0.1) is 6.61 Å². The summed E-state index contributed by atoms with van der Waals surface area (Å²) in [4.78, 5) is 19.3. The van der Waals surface area contributed by atoms with E-state index in [1.807, 2.05) is 6.92 Å².